The van der Waals surface area contributed by atoms with E-state index in [1.807, 2.05) is 25.5 Å². The number of aliphatic hydroxyl groups is 1. The SMILES string of the molecule is Cc1ccc(S(=O)(=O)O)cc1.Cc1ncc(C(C)O)n1C. The van der Waals surface area contributed by atoms with Crippen molar-refractivity contribution in [2.24, 2.45) is 7.05 Å². The molecule has 0 bridgehead atoms. The van der Waals surface area contributed by atoms with Crippen molar-refractivity contribution in [3.05, 3.63) is 47.5 Å². The lowest BCUT2D eigenvalue weighted by Crippen LogP contribution is -2.01. The van der Waals surface area contributed by atoms with Crippen LogP contribution in [0.25, 0.3) is 0 Å². The van der Waals surface area contributed by atoms with E-state index in [0.29, 0.717) is 0 Å². The summed E-state index contributed by atoms with van der Waals surface area (Å²) >= 11 is 0. The first-order valence-electron chi connectivity index (χ1n) is 6.33. The molecule has 6 nitrogen and oxygen atoms in total. The van der Waals surface area contributed by atoms with Gasteiger partial charge in [0, 0.05) is 7.05 Å². The van der Waals surface area contributed by atoms with Crippen molar-refractivity contribution in [3.8, 4) is 0 Å². The third kappa shape index (κ3) is 4.96. The van der Waals surface area contributed by atoms with Gasteiger partial charge < -0.3 is 9.67 Å². The highest BCUT2D eigenvalue weighted by molar-refractivity contribution is 7.85. The fraction of sp³-hybridized carbons (Fsp3) is 0.357. The second-order valence-electron chi connectivity index (χ2n) is 4.75. The topological polar surface area (TPSA) is 92.4 Å². The van der Waals surface area contributed by atoms with Crippen LogP contribution in [0.4, 0.5) is 0 Å². The van der Waals surface area contributed by atoms with Crippen LogP contribution in [0.5, 0.6) is 0 Å². The van der Waals surface area contributed by atoms with Crippen molar-refractivity contribution in [1.82, 2.24) is 9.55 Å². The van der Waals surface area contributed by atoms with E-state index >= 15 is 0 Å². The number of aliphatic hydroxyl groups excluding tert-OH is 1. The zero-order valence-corrected chi connectivity index (χ0v) is 13.3. The Morgan fingerprint density at radius 3 is 2.00 bits per heavy atom. The number of nitrogens with zero attached hydrogens (tertiary/aromatic N) is 2. The second kappa shape index (κ2) is 6.84. The number of rotatable bonds is 2. The Hall–Kier alpha value is -1.70. The highest BCUT2D eigenvalue weighted by Crippen LogP contribution is 2.11. The predicted molar refractivity (Wildman–Crippen MR) is 79.6 cm³/mol. The Kier molecular flexibility index (Phi) is 5.65. The molecule has 2 rings (SSSR count). The quantitative estimate of drug-likeness (QED) is 0.828. The fourth-order valence-electron chi connectivity index (χ4n) is 1.62. The molecule has 0 aliphatic rings. The Morgan fingerprint density at radius 1 is 1.19 bits per heavy atom. The summed E-state index contributed by atoms with van der Waals surface area (Å²) in [6.07, 6.45) is 1.27. The Bertz CT molecular complexity index is 688. The van der Waals surface area contributed by atoms with Gasteiger partial charge in [0.25, 0.3) is 10.1 Å². The molecule has 0 amide bonds. The number of imidazole rings is 1. The normalized spacial score (nSPS) is 12.5. The van der Waals surface area contributed by atoms with Crippen molar-refractivity contribution >= 4 is 10.1 Å². The van der Waals surface area contributed by atoms with E-state index in [2.05, 4.69) is 4.98 Å². The van der Waals surface area contributed by atoms with E-state index in [1.54, 1.807) is 25.3 Å². The molecule has 2 N–H and O–H groups in total. The van der Waals surface area contributed by atoms with Crippen molar-refractivity contribution in [2.75, 3.05) is 0 Å². The van der Waals surface area contributed by atoms with Crippen LogP contribution in [-0.4, -0.2) is 27.6 Å². The number of hydrogen-bond acceptors (Lipinski definition) is 4. The minimum Gasteiger partial charge on any atom is -0.387 e. The van der Waals surface area contributed by atoms with Crippen LogP contribution in [0.3, 0.4) is 0 Å². The third-order valence-corrected chi connectivity index (χ3v) is 3.87. The maximum atomic E-state index is 10.5. The molecule has 2 aromatic rings. The van der Waals surface area contributed by atoms with Gasteiger partial charge in [0.1, 0.15) is 5.82 Å². The van der Waals surface area contributed by atoms with Gasteiger partial charge in [0.15, 0.2) is 0 Å². The van der Waals surface area contributed by atoms with Crippen LogP contribution < -0.4 is 0 Å². The Labute approximate surface area is 124 Å². The van der Waals surface area contributed by atoms with Crippen LogP contribution in [-0.2, 0) is 17.2 Å². The van der Waals surface area contributed by atoms with Gasteiger partial charge in [-0.3, -0.25) is 4.55 Å². The second-order valence-corrected chi connectivity index (χ2v) is 6.17. The monoisotopic (exact) mass is 312 g/mol. The lowest BCUT2D eigenvalue weighted by Gasteiger charge is -2.04. The first-order valence-corrected chi connectivity index (χ1v) is 7.77. The van der Waals surface area contributed by atoms with Crippen molar-refractivity contribution in [2.45, 2.75) is 31.8 Å². The molecule has 1 atom stereocenters. The van der Waals surface area contributed by atoms with Gasteiger partial charge >= 0.3 is 0 Å². The standard InChI is InChI=1S/C7H12N2O.C7H8O3S/c1-5(10)7-4-8-6(2)9(7)3;1-6-2-4-7(5-3-6)11(8,9)10/h4-5,10H,1-3H3;2-5H,1H3,(H,8,9,10). The van der Waals surface area contributed by atoms with Crippen LogP contribution >= 0.6 is 0 Å². The average molecular weight is 312 g/mol. The summed E-state index contributed by atoms with van der Waals surface area (Å²) in [5.74, 6) is 0.927. The molecule has 21 heavy (non-hydrogen) atoms. The summed E-state index contributed by atoms with van der Waals surface area (Å²) < 4.78 is 31.4. The molecule has 1 heterocycles. The van der Waals surface area contributed by atoms with Gasteiger partial charge in [-0.2, -0.15) is 8.42 Å². The number of aromatic nitrogens is 2. The summed E-state index contributed by atoms with van der Waals surface area (Å²) in [6.45, 7) is 5.48. The van der Waals surface area contributed by atoms with E-state index in [9.17, 15) is 8.42 Å². The molecule has 1 aromatic carbocycles. The molecule has 0 radical (unpaired) electrons. The molecule has 7 heteroatoms. The molecule has 0 saturated carbocycles. The molecule has 0 aliphatic heterocycles. The molecule has 0 fully saturated rings. The van der Waals surface area contributed by atoms with Crippen LogP contribution in [0, 0.1) is 13.8 Å². The summed E-state index contributed by atoms with van der Waals surface area (Å²) in [6, 6.07) is 5.99. The van der Waals surface area contributed by atoms with Gasteiger partial charge in [-0.05, 0) is 32.9 Å². The molecule has 0 saturated heterocycles. The predicted octanol–water partition coefficient (Wildman–Crippen LogP) is 2.02. The van der Waals surface area contributed by atoms with Crippen LogP contribution in [0.2, 0.25) is 0 Å². The van der Waals surface area contributed by atoms with E-state index in [-0.39, 0.29) is 4.90 Å². The third-order valence-electron chi connectivity index (χ3n) is 3.00. The van der Waals surface area contributed by atoms with Crippen molar-refractivity contribution < 1.29 is 18.1 Å². The number of aryl methyl sites for hydroxylation is 2. The fourth-order valence-corrected chi connectivity index (χ4v) is 2.10. The summed E-state index contributed by atoms with van der Waals surface area (Å²) in [7, 11) is -2.13. The number of benzene rings is 1. The highest BCUT2D eigenvalue weighted by atomic mass is 32.2. The van der Waals surface area contributed by atoms with E-state index < -0.39 is 16.2 Å². The summed E-state index contributed by atoms with van der Waals surface area (Å²) in [5.41, 5.74) is 1.81. The zero-order valence-electron chi connectivity index (χ0n) is 12.5. The maximum absolute atomic E-state index is 10.5. The first kappa shape index (κ1) is 17.4. The molecule has 1 unspecified atom stereocenters. The Morgan fingerprint density at radius 2 is 1.71 bits per heavy atom. The van der Waals surface area contributed by atoms with Crippen molar-refractivity contribution in [1.29, 1.82) is 0 Å². The van der Waals surface area contributed by atoms with Gasteiger partial charge in [-0.15, -0.1) is 0 Å². The van der Waals surface area contributed by atoms with Gasteiger partial charge in [-0.1, -0.05) is 17.7 Å². The first-order chi connectivity index (χ1) is 9.62. The van der Waals surface area contributed by atoms with E-state index in [0.717, 1.165) is 17.1 Å². The molecule has 116 valence electrons. The van der Waals surface area contributed by atoms with Gasteiger partial charge in [0.05, 0.1) is 22.9 Å². The average Bonchev–Trinajstić information content (AvgIpc) is 2.70. The molecular weight excluding hydrogens is 292 g/mol. The minimum absolute atomic E-state index is 0.0666. The summed E-state index contributed by atoms with van der Waals surface area (Å²) in [5, 5.41) is 9.16. The van der Waals surface area contributed by atoms with Gasteiger partial charge in [-0.25, -0.2) is 4.98 Å². The Balaban J connectivity index is 0.000000211. The van der Waals surface area contributed by atoms with Crippen LogP contribution in [0.15, 0.2) is 35.4 Å². The lowest BCUT2D eigenvalue weighted by molar-refractivity contribution is 0.190. The largest absolute Gasteiger partial charge is 0.387 e. The summed E-state index contributed by atoms with van der Waals surface area (Å²) in [4.78, 5) is 3.97. The van der Waals surface area contributed by atoms with E-state index in [1.165, 1.54) is 12.1 Å². The molecule has 0 aliphatic carbocycles. The van der Waals surface area contributed by atoms with E-state index in [4.69, 9.17) is 9.66 Å². The zero-order chi connectivity index (χ0) is 16.2. The smallest absolute Gasteiger partial charge is 0.294 e. The highest BCUT2D eigenvalue weighted by Gasteiger charge is 2.07. The van der Waals surface area contributed by atoms with Crippen molar-refractivity contribution in [3.63, 3.8) is 0 Å². The number of hydrogen-bond donors (Lipinski definition) is 2. The maximum Gasteiger partial charge on any atom is 0.294 e. The molecule has 0 spiro atoms. The molecular formula is C14H20N2O4S. The van der Waals surface area contributed by atoms with Gasteiger partial charge in [0.2, 0.25) is 0 Å². The van der Waals surface area contributed by atoms with Crippen LogP contribution in [0.1, 0.15) is 30.1 Å². The minimum atomic E-state index is -4.02. The molecule has 1 aromatic heterocycles. The lowest BCUT2D eigenvalue weighted by atomic mass is 10.2.